The first kappa shape index (κ1) is 20.5. The Hall–Kier alpha value is -3.73. The second-order valence-corrected chi connectivity index (χ2v) is 7.51. The summed E-state index contributed by atoms with van der Waals surface area (Å²) in [7, 11) is 0. The molecule has 10 nitrogen and oxygen atoms in total. The number of carbonyl (C=O) groups excluding carboxylic acids is 2. The van der Waals surface area contributed by atoms with Crippen molar-refractivity contribution in [2.75, 3.05) is 13.2 Å². The molecule has 31 heavy (non-hydrogen) atoms. The van der Waals surface area contributed by atoms with Crippen molar-refractivity contribution in [3.63, 3.8) is 0 Å². The van der Waals surface area contributed by atoms with Gasteiger partial charge in [-0.1, -0.05) is 23.5 Å². The SMILES string of the molecule is CCOC(=O)Cn1c(=NC(=O)[C@H]2COc3ccccc3O2)sc2cc([N+](=O)[O-])ccc21. The van der Waals surface area contributed by atoms with Gasteiger partial charge < -0.3 is 18.8 Å². The van der Waals surface area contributed by atoms with Crippen LogP contribution in [0.15, 0.2) is 47.5 Å². The smallest absolute Gasteiger partial charge is 0.326 e. The quantitative estimate of drug-likeness (QED) is 0.337. The number of nitro groups is 1. The fourth-order valence-electron chi connectivity index (χ4n) is 3.06. The average Bonchev–Trinajstić information content (AvgIpc) is 3.09. The number of fused-ring (bicyclic) bond motifs is 2. The summed E-state index contributed by atoms with van der Waals surface area (Å²) in [5, 5.41) is 11.1. The topological polar surface area (TPSA) is 122 Å². The maximum atomic E-state index is 12.8. The van der Waals surface area contributed by atoms with Crippen molar-refractivity contribution in [3.8, 4) is 11.5 Å². The first-order chi connectivity index (χ1) is 15.0. The summed E-state index contributed by atoms with van der Waals surface area (Å²) < 4.78 is 18.3. The van der Waals surface area contributed by atoms with Crippen LogP contribution in [0.2, 0.25) is 0 Å². The molecule has 0 aliphatic carbocycles. The van der Waals surface area contributed by atoms with Crippen LogP contribution in [0, 0.1) is 10.1 Å². The van der Waals surface area contributed by atoms with Crippen LogP contribution in [-0.2, 0) is 20.9 Å². The molecule has 0 N–H and O–H groups in total. The van der Waals surface area contributed by atoms with E-state index in [1.54, 1.807) is 31.2 Å². The zero-order chi connectivity index (χ0) is 22.0. The number of para-hydroxylation sites is 2. The molecule has 2 aromatic carbocycles. The van der Waals surface area contributed by atoms with Crippen LogP contribution in [0.4, 0.5) is 5.69 Å². The standard InChI is InChI=1S/C20H17N3O7S/c1-2-28-18(24)10-22-13-8-7-12(23(26)27)9-17(13)31-20(22)21-19(25)16-11-29-14-5-3-4-6-15(14)30-16/h3-9,16H,2,10-11H2,1H3/t16-/m1/s1. The molecule has 0 saturated carbocycles. The maximum absolute atomic E-state index is 12.8. The number of aromatic nitrogens is 1. The monoisotopic (exact) mass is 443 g/mol. The minimum Gasteiger partial charge on any atom is -0.485 e. The molecule has 3 aromatic rings. The Morgan fingerprint density at radius 3 is 2.81 bits per heavy atom. The molecule has 1 aliphatic heterocycles. The predicted molar refractivity (Wildman–Crippen MR) is 110 cm³/mol. The summed E-state index contributed by atoms with van der Waals surface area (Å²) in [6, 6.07) is 11.2. The normalized spacial score (nSPS) is 15.6. The molecule has 0 radical (unpaired) electrons. The number of thiazole rings is 1. The highest BCUT2D eigenvalue weighted by atomic mass is 32.1. The molecule has 1 aliphatic rings. The average molecular weight is 443 g/mol. The van der Waals surface area contributed by atoms with Crippen LogP contribution in [0.5, 0.6) is 11.5 Å². The van der Waals surface area contributed by atoms with Gasteiger partial charge in [-0.3, -0.25) is 19.7 Å². The van der Waals surface area contributed by atoms with Gasteiger partial charge in [0.15, 0.2) is 16.3 Å². The van der Waals surface area contributed by atoms with Gasteiger partial charge in [0.1, 0.15) is 13.2 Å². The Kier molecular flexibility index (Phi) is 5.67. The summed E-state index contributed by atoms with van der Waals surface area (Å²) in [4.78, 5) is 39.8. The molecule has 0 bridgehead atoms. The number of ether oxygens (including phenoxy) is 3. The third kappa shape index (κ3) is 4.26. The Morgan fingerprint density at radius 1 is 1.29 bits per heavy atom. The minimum absolute atomic E-state index is 0.00636. The lowest BCUT2D eigenvalue weighted by Gasteiger charge is -2.23. The van der Waals surface area contributed by atoms with Gasteiger partial charge >= 0.3 is 5.97 Å². The van der Waals surface area contributed by atoms with E-state index in [4.69, 9.17) is 14.2 Å². The first-order valence-electron chi connectivity index (χ1n) is 9.36. The van der Waals surface area contributed by atoms with Gasteiger partial charge in [-0.05, 0) is 25.1 Å². The summed E-state index contributed by atoms with van der Waals surface area (Å²) in [6.45, 7) is 1.69. The molecule has 1 aromatic heterocycles. The highest BCUT2D eigenvalue weighted by Gasteiger charge is 2.27. The molecule has 2 heterocycles. The van der Waals surface area contributed by atoms with Crippen LogP contribution in [0.1, 0.15) is 6.92 Å². The van der Waals surface area contributed by atoms with Gasteiger partial charge in [0.05, 0.1) is 21.7 Å². The van der Waals surface area contributed by atoms with E-state index in [0.717, 1.165) is 11.3 Å². The van der Waals surface area contributed by atoms with E-state index in [-0.39, 0.29) is 30.2 Å². The molecule has 0 spiro atoms. The second kappa shape index (κ2) is 8.56. The van der Waals surface area contributed by atoms with Crippen molar-refractivity contribution < 1.29 is 28.7 Å². The van der Waals surface area contributed by atoms with Crippen molar-refractivity contribution >= 4 is 39.1 Å². The fraction of sp³-hybridized carbons (Fsp3) is 0.250. The third-order valence-corrected chi connectivity index (χ3v) is 5.50. The van der Waals surface area contributed by atoms with Gasteiger partial charge in [0, 0.05) is 12.1 Å². The molecular formula is C20H17N3O7S. The van der Waals surface area contributed by atoms with Gasteiger partial charge in [-0.25, -0.2) is 0 Å². The molecule has 4 rings (SSSR count). The second-order valence-electron chi connectivity index (χ2n) is 6.50. The molecule has 11 heteroatoms. The van der Waals surface area contributed by atoms with Crippen LogP contribution in [-0.4, -0.2) is 40.7 Å². The van der Waals surface area contributed by atoms with Crippen LogP contribution in [0.3, 0.4) is 0 Å². The third-order valence-electron chi connectivity index (χ3n) is 4.46. The molecular weight excluding hydrogens is 426 g/mol. The number of carbonyl (C=O) groups is 2. The number of amides is 1. The molecule has 0 fully saturated rings. The van der Waals surface area contributed by atoms with E-state index in [0.29, 0.717) is 21.7 Å². The van der Waals surface area contributed by atoms with Crippen LogP contribution in [0.25, 0.3) is 10.2 Å². The number of benzene rings is 2. The molecule has 160 valence electrons. The zero-order valence-electron chi connectivity index (χ0n) is 16.3. The first-order valence-corrected chi connectivity index (χ1v) is 10.2. The van der Waals surface area contributed by atoms with E-state index < -0.39 is 22.9 Å². The van der Waals surface area contributed by atoms with Crippen molar-refractivity contribution in [2.24, 2.45) is 4.99 Å². The largest absolute Gasteiger partial charge is 0.485 e. The Labute approximate surface area is 179 Å². The van der Waals surface area contributed by atoms with Gasteiger partial charge in [-0.2, -0.15) is 4.99 Å². The van der Waals surface area contributed by atoms with Crippen molar-refractivity contribution in [1.29, 1.82) is 0 Å². The lowest BCUT2D eigenvalue weighted by Crippen LogP contribution is -2.37. The Balaban J connectivity index is 1.72. The molecule has 1 atom stereocenters. The fourth-order valence-corrected chi connectivity index (χ4v) is 4.12. The summed E-state index contributed by atoms with van der Waals surface area (Å²) in [5.41, 5.74) is 0.428. The Morgan fingerprint density at radius 2 is 2.06 bits per heavy atom. The molecule has 1 amide bonds. The lowest BCUT2D eigenvalue weighted by molar-refractivity contribution is -0.384. The number of rotatable bonds is 5. The van der Waals surface area contributed by atoms with Crippen molar-refractivity contribution in [1.82, 2.24) is 4.57 Å². The summed E-state index contributed by atoms with van der Waals surface area (Å²) in [6.07, 6.45) is -0.953. The van der Waals surface area contributed by atoms with E-state index in [2.05, 4.69) is 4.99 Å². The minimum atomic E-state index is -0.953. The highest BCUT2D eigenvalue weighted by molar-refractivity contribution is 7.16. The zero-order valence-corrected chi connectivity index (χ0v) is 17.2. The number of esters is 1. The number of nitrogens with zero attached hydrogens (tertiary/aromatic N) is 3. The van der Waals surface area contributed by atoms with Gasteiger partial charge in [0.2, 0.25) is 6.10 Å². The van der Waals surface area contributed by atoms with Crippen LogP contribution >= 0.6 is 11.3 Å². The molecule has 0 saturated heterocycles. The van der Waals surface area contributed by atoms with E-state index >= 15 is 0 Å². The lowest BCUT2D eigenvalue weighted by atomic mass is 10.2. The van der Waals surface area contributed by atoms with E-state index in [1.165, 1.54) is 22.8 Å². The summed E-state index contributed by atoms with van der Waals surface area (Å²) >= 11 is 1.06. The van der Waals surface area contributed by atoms with Gasteiger partial charge in [-0.15, -0.1) is 0 Å². The Bertz CT molecular complexity index is 1250. The highest BCUT2D eigenvalue weighted by Crippen LogP contribution is 2.31. The maximum Gasteiger partial charge on any atom is 0.326 e. The van der Waals surface area contributed by atoms with E-state index in [1.807, 2.05) is 0 Å². The van der Waals surface area contributed by atoms with E-state index in [9.17, 15) is 19.7 Å². The number of non-ortho nitro benzene ring substituents is 1. The van der Waals surface area contributed by atoms with Crippen molar-refractivity contribution in [2.45, 2.75) is 19.6 Å². The predicted octanol–water partition coefficient (Wildman–Crippen LogP) is 2.44. The summed E-state index contributed by atoms with van der Waals surface area (Å²) in [5.74, 6) is -0.124. The number of hydrogen-bond acceptors (Lipinski definition) is 8. The van der Waals surface area contributed by atoms with Crippen LogP contribution < -0.4 is 14.3 Å². The molecule has 0 unspecified atom stereocenters. The number of nitro benzene ring substituents is 1. The van der Waals surface area contributed by atoms with Gasteiger partial charge in [0.25, 0.3) is 11.6 Å². The number of hydrogen-bond donors (Lipinski definition) is 0. The van der Waals surface area contributed by atoms with Crippen molar-refractivity contribution in [3.05, 3.63) is 57.4 Å².